The molecule has 0 saturated carbocycles. The molecule has 0 bridgehead atoms. The van der Waals surface area contributed by atoms with E-state index in [1.807, 2.05) is 34.9 Å². The van der Waals surface area contributed by atoms with Gasteiger partial charge in [0.05, 0.1) is 17.6 Å². The largest absolute Gasteiger partial charge is 0.308 e. The first-order chi connectivity index (χ1) is 13.0. The molecule has 2 aromatic heterocycles. The van der Waals surface area contributed by atoms with Crippen molar-refractivity contribution in [1.82, 2.24) is 24.0 Å². The number of sulfonamides is 1. The van der Waals surface area contributed by atoms with Gasteiger partial charge in [0.15, 0.2) is 0 Å². The molecule has 0 amide bonds. The van der Waals surface area contributed by atoms with Crippen LogP contribution in [0, 0.1) is 0 Å². The number of piperidine rings is 1. The molecular weight excluding hydrogens is 362 g/mol. The molecule has 1 saturated heterocycles. The number of nitrogens with zero attached hydrogens (tertiary/aromatic N) is 4. The van der Waals surface area contributed by atoms with Gasteiger partial charge in [0.2, 0.25) is 15.8 Å². The second-order valence-corrected chi connectivity index (χ2v) is 8.86. The quantitative estimate of drug-likeness (QED) is 0.726. The van der Waals surface area contributed by atoms with Crippen LogP contribution in [0.3, 0.4) is 0 Å². The molecule has 1 N–H and O–H groups in total. The summed E-state index contributed by atoms with van der Waals surface area (Å²) in [7, 11) is -3.10. The Hall–Kier alpha value is -2.29. The van der Waals surface area contributed by atoms with Gasteiger partial charge in [-0.05, 0) is 18.9 Å². The van der Waals surface area contributed by atoms with Crippen LogP contribution in [0.2, 0.25) is 0 Å². The highest BCUT2D eigenvalue weighted by Gasteiger charge is 2.25. The molecule has 1 aliphatic rings. The summed E-state index contributed by atoms with van der Waals surface area (Å²) in [6.07, 6.45) is 6.62. The van der Waals surface area contributed by atoms with E-state index in [1.165, 1.54) is 6.26 Å². The Balaban J connectivity index is 1.54. The van der Waals surface area contributed by atoms with Crippen LogP contribution in [-0.2, 0) is 16.6 Å². The molecule has 3 heterocycles. The Kier molecular flexibility index (Phi) is 4.94. The highest BCUT2D eigenvalue weighted by Crippen LogP contribution is 2.24. The van der Waals surface area contributed by atoms with Crippen molar-refractivity contribution in [3.63, 3.8) is 0 Å². The molecular formula is C19H23N5O2S. The van der Waals surface area contributed by atoms with E-state index < -0.39 is 10.0 Å². The molecule has 27 heavy (non-hydrogen) atoms. The van der Waals surface area contributed by atoms with Gasteiger partial charge in [-0.2, -0.15) is 0 Å². The maximum absolute atomic E-state index is 11.7. The molecule has 4 rings (SSSR count). The number of fused-ring (bicyclic) bond motifs is 1. The van der Waals surface area contributed by atoms with Gasteiger partial charge in [-0.1, -0.05) is 30.3 Å². The average molecular weight is 385 g/mol. The van der Waals surface area contributed by atoms with Gasteiger partial charge >= 0.3 is 0 Å². The fourth-order valence-corrected chi connectivity index (χ4v) is 4.44. The summed E-state index contributed by atoms with van der Waals surface area (Å²) in [6, 6.07) is 12.3. The van der Waals surface area contributed by atoms with E-state index >= 15 is 0 Å². The minimum absolute atomic E-state index is 0.286. The summed E-state index contributed by atoms with van der Waals surface area (Å²) in [5.41, 5.74) is 3.05. The molecule has 1 aromatic carbocycles. The van der Waals surface area contributed by atoms with Crippen molar-refractivity contribution in [2.75, 3.05) is 19.3 Å². The zero-order valence-electron chi connectivity index (χ0n) is 15.2. The molecule has 0 atom stereocenters. The van der Waals surface area contributed by atoms with Crippen molar-refractivity contribution in [2.45, 2.75) is 25.4 Å². The van der Waals surface area contributed by atoms with Crippen LogP contribution >= 0.6 is 0 Å². The van der Waals surface area contributed by atoms with Gasteiger partial charge in [-0.3, -0.25) is 4.40 Å². The molecule has 3 aromatic rings. The monoisotopic (exact) mass is 385 g/mol. The van der Waals surface area contributed by atoms with E-state index in [-0.39, 0.29) is 6.04 Å². The third-order valence-corrected chi connectivity index (χ3v) is 6.33. The van der Waals surface area contributed by atoms with Crippen LogP contribution in [0.1, 0.15) is 18.5 Å². The third kappa shape index (κ3) is 3.87. The van der Waals surface area contributed by atoms with Crippen LogP contribution in [-0.4, -0.2) is 52.5 Å². The summed E-state index contributed by atoms with van der Waals surface area (Å²) in [5, 5.41) is 3.59. The smallest absolute Gasteiger partial charge is 0.234 e. The van der Waals surface area contributed by atoms with Gasteiger partial charge in [-0.25, -0.2) is 22.7 Å². The Bertz CT molecular complexity index is 1020. The Labute approximate surface area is 159 Å². The fraction of sp³-hybridized carbons (Fsp3) is 0.368. The highest BCUT2D eigenvalue weighted by atomic mass is 32.2. The molecule has 7 nitrogen and oxygen atoms in total. The van der Waals surface area contributed by atoms with Crippen LogP contribution < -0.4 is 5.32 Å². The zero-order chi connectivity index (χ0) is 18.9. The maximum Gasteiger partial charge on any atom is 0.234 e. The molecule has 0 aliphatic carbocycles. The summed E-state index contributed by atoms with van der Waals surface area (Å²) < 4.78 is 26.9. The molecule has 0 radical (unpaired) electrons. The maximum atomic E-state index is 11.7. The molecule has 0 spiro atoms. The number of imidazole rings is 1. The van der Waals surface area contributed by atoms with Gasteiger partial charge < -0.3 is 5.32 Å². The number of benzene rings is 1. The predicted octanol–water partition coefficient (Wildman–Crippen LogP) is 1.91. The van der Waals surface area contributed by atoms with Crippen molar-refractivity contribution in [3.05, 3.63) is 54.5 Å². The van der Waals surface area contributed by atoms with Crippen LogP contribution in [0.25, 0.3) is 17.0 Å². The first kappa shape index (κ1) is 18.1. The van der Waals surface area contributed by atoms with E-state index in [4.69, 9.17) is 4.98 Å². The van der Waals surface area contributed by atoms with Crippen molar-refractivity contribution in [1.29, 1.82) is 0 Å². The van der Waals surface area contributed by atoms with Crippen LogP contribution in [0.15, 0.2) is 48.8 Å². The van der Waals surface area contributed by atoms with E-state index in [0.717, 1.165) is 29.8 Å². The Morgan fingerprint density at radius 3 is 2.59 bits per heavy atom. The summed E-state index contributed by atoms with van der Waals surface area (Å²) >= 11 is 0. The van der Waals surface area contributed by atoms with E-state index in [2.05, 4.69) is 22.4 Å². The molecule has 1 aliphatic heterocycles. The van der Waals surface area contributed by atoms with Crippen LogP contribution in [0.5, 0.6) is 0 Å². The normalized spacial score (nSPS) is 16.8. The number of hydrogen-bond acceptors (Lipinski definition) is 5. The Morgan fingerprint density at radius 2 is 1.89 bits per heavy atom. The van der Waals surface area contributed by atoms with Crippen molar-refractivity contribution in [3.8, 4) is 11.3 Å². The van der Waals surface area contributed by atoms with E-state index in [9.17, 15) is 8.42 Å². The average Bonchev–Trinajstić information content (AvgIpc) is 3.05. The number of rotatable bonds is 5. The van der Waals surface area contributed by atoms with Gasteiger partial charge in [0.1, 0.15) is 0 Å². The lowest BCUT2D eigenvalue weighted by molar-refractivity contribution is 0.289. The standard InChI is InChI=1S/C19H23N5O2S/c1-27(25,26)23-12-8-16(9-13-23)21-14-17-18(15-6-3-2-4-7-15)22-19-20-10-5-11-24(17)19/h2-7,10-11,16,21H,8-9,12-14H2,1H3. The van der Waals surface area contributed by atoms with Gasteiger partial charge in [-0.15, -0.1) is 0 Å². The van der Waals surface area contributed by atoms with Crippen molar-refractivity contribution >= 4 is 15.8 Å². The summed E-state index contributed by atoms with van der Waals surface area (Å²) in [4.78, 5) is 9.09. The molecule has 1 fully saturated rings. The van der Waals surface area contributed by atoms with Crippen molar-refractivity contribution in [2.24, 2.45) is 0 Å². The second kappa shape index (κ2) is 7.38. The molecule has 0 unspecified atom stereocenters. The van der Waals surface area contributed by atoms with E-state index in [0.29, 0.717) is 25.4 Å². The SMILES string of the molecule is CS(=O)(=O)N1CCC(NCc2c(-c3ccccc3)nc3ncccn23)CC1. The molecule has 142 valence electrons. The first-order valence-corrected chi connectivity index (χ1v) is 10.9. The topological polar surface area (TPSA) is 79.6 Å². The number of hydrogen-bond donors (Lipinski definition) is 1. The summed E-state index contributed by atoms with van der Waals surface area (Å²) in [6.45, 7) is 1.79. The number of aromatic nitrogens is 3. The fourth-order valence-electron chi connectivity index (χ4n) is 3.56. The lowest BCUT2D eigenvalue weighted by Gasteiger charge is -2.30. The first-order valence-electron chi connectivity index (χ1n) is 9.08. The minimum Gasteiger partial charge on any atom is -0.308 e. The Morgan fingerprint density at radius 1 is 1.15 bits per heavy atom. The van der Waals surface area contributed by atoms with Gasteiger partial charge in [0, 0.05) is 43.6 Å². The lowest BCUT2D eigenvalue weighted by Crippen LogP contribution is -2.44. The van der Waals surface area contributed by atoms with Gasteiger partial charge in [0.25, 0.3) is 0 Å². The van der Waals surface area contributed by atoms with Crippen LogP contribution in [0.4, 0.5) is 0 Å². The van der Waals surface area contributed by atoms with Crippen molar-refractivity contribution < 1.29 is 8.42 Å². The zero-order valence-corrected chi connectivity index (χ0v) is 16.1. The second-order valence-electron chi connectivity index (χ2n) is 6.88. The molecule has 8 heteroatoms. The van der Waals surface area contributed by atoms with E-state index in [1.54, 1.807) is 10.5 Å². The third-order valence-electron chi connectivity index (χ3n) is 5.03. The summed E-state index contributed by atoms with van der Waals surface area (Å²) in [5.74, 6) is 0.681. The minimum atomic E-state index is -3.10. The predicted molar refractivity (Wildman–Crippen MR) is 105 cm³/mol. The number of nitrogens with one attached hydrogen (secondary N) is 1. The highest BCUT2D eigenvalue weighted by molar-refractivity contribution is 7.88. The lowest BCUT2D eigenvalue weighted by atomic mass is 10.1.